The fourth-order valence-corrected chi connectivity index (χ4v) is 0.547. The molecule has 0 rings (SSSR count). The van der Waals surface area contributed by atoms with Crippen LogP contribution in [-0.2, 0) is 10.1 Å². The molecule has 0 unspecified atom stereocenters. The van der Waals surface area contributed by atoms with Crippen LogP contribution in [0.5, 0.6) is 0 Å². The minimum absolute atomic E-state index is 0. The summed E-state index contributed by atoms with van der Waals surface area (Å²) in [5.41, 5.74) is 0. The second-order valence-electron chi connectivity index (χ2n) is 1.57. The maximum atomic E-state index is 10.3. The van der Waals surface area contributed by atoms with Crippen LogP contribution in [-0.4, -0.2) is 43.7 Å². The summed E-state index contributed by atoms with van der Waals surface area (Å²) in [6, 6.07) is 0. The van der Waals surface area contributed by atoms with Gasteiger partial charge in [-0.2, -0.15) is 8.42 Å². The zero-order valence-corrected chi connectivity index (χ0v) is 13.6. The Morgan fingerprint density at radius 3 is 1.80 bits per heavy atom. The van der Waals surface area contributed by atoms with Gasteiger partial charge in [-0.3, -0.25) is 4.55 Å². The van der Waals surface area contributed by atoms with Crippen LogP contribution in [0.15, 0.2) is 0 Å². The Balaban J connectivity index is 0. The van der Waals surface area contributed by atoms with Gasteiger partial charge in [0.1, 0.15) is 0 Å². The number of rotatable bonds is 2. The molecule has 0 fully saturated rings. The van der Waals surface area contributed by atoms with E-state index in [2.05, 4.69) is 25.3 Å². The zero-order valence-electron chi connectivity index (χ0n) is 5.48. The number of hydrogen-bond acceptors (Lipinski definition) is 4. The average molecular weight is 398 g/mol. The van der Waals surface area contributed by atoms with Crippen LogP contribution >= 0.6 is 25.3 Å². The summed E-state index contributed by atoms with van der Waals surface area (Å²) in [6.07, 6.45) is 0.151. The van der Waals surface area contributed by atoms with Gasteiger partial charge in [-0.15, -0.1) is 25.3 Å². The van der Waals surface area contributed by atoms with E-state index in [1.165, 1.54) is 0 Å². The van der Waals surface area contributed by atoms with Crippen molar-refractivity contribution in [3.05, 3.63) is 0 Å². The zero-order chi connectivity index (χ0) is 7.71. The molecule has 0 bridgehead atoms. The van der Waals surface area contributed by atoms with E-state index >= 15 is 0 Å². The molecular formula is C3H10O3PbS3. The predicted octanol–water partition coefficient (Wildman–Crippen LogP) is -0.119. The van der Waals surface area contributed by atoms with Crippen molar-refractivity contribution in [3.8, 4) is 0 Å². The first-order chi connectivity index (χ1) is 3.81. The van der Waals surface area contributed by atoms with Crippen molar-refractivity contribution in [1.82, 2.24) is 0 Å². The van der Waals surface area contributed by atoms with Crippen molar-refractivity contribution in [3.63, 3.8) is 0 Å². The van der Waals surface area contributed by atoms with Gasteiger partial charge in [-0.05, 0) is 6.42 Å². The first kappa shape index (κ1) is 14.1. The van der Waals surface area contributed by atoms with E-state index in [0.29, 0.717) is 0 Å². The van der Waals surface area contributed by atoms with Gasteiger partial charge < -0.3 is 0 Å². The third-order valence-electron chi connectivity index (χ3n) is 0.874. The Morgan fingerprint density at radius 2 is 1.80 bits per heavy atom. The van der Waals surface area contributed by atoms with Crippen LogP contribution in [0.4, 0.5) is 0 Å². The molecule has 0 aromatic carbocycles. The quantitative estimate of drug-likeness (QED) is 0.264. The van der Waals surface area contributed by atoms with Gasteiger partial charge in [0.2, 0.25) is 0 Å². The SMILES string of the molecule is CCC(S)(S)S(=O)(=O)O.[PbH2]. The predicted molar refractivity (Wildman–Crippen MR) is 51.1 cm³/mol. The van der Waals surface area contributed by atoms with Crippen LogP contribution in [0, 0.1) is 0 Å². The van der Waals surface area contributed by atoms with E-state index < -0.39 is 13.5 Å². The molecule has 0 saturated heterocycles. The summed E-state index contributed by atoms with van der Waals surface area (Å²) in [4.78, 5) is 0. The van der Waals surface area contributed by atoms with E-state index in [1.807, 2.05) is 0 Å². The van der Waals surface area contributed by atoms with Crippen LogP contribution in [0.1, 0.15) is 13.3 Å². The normalized spacial score (nSPS) is 12.4. The molecule has 62 valence electrons. The third kappa shape index (κ3) is 3.79. The molecule has 0 spiro atoms. The molecule has 0 aromatic heterocycles. The van der Waals surface area contributed by atoms with Crippen LogP contribution in [0.2, 0.25) is 0 Å². The summed E-state index contributed by atoms with van der Waals surface area (Å²) in [7, 11) is -4.12. The molecule has 0 amide bonds. The first-order valence-corrected chi connectivity index (χ1v) is 4.56. The molecule has 0 heterocycles. The molecule has 10 heavy (non-hydrogen) atoms. The molecule has 0 saturated carbocycles. The average Bonchev–Trinajstić information content (AvgIpc) is 1.64. The standard InChI is InChI=1S/C3H8O3S3.Pb.2H/c1-2-3(7,8)9(4,5)6;;;/h7-8H,2H2,1H3,(H,4,5,6);;;. The maximum absolute atomic E-state index is 10.3. The molecular weight excluding hydrogens is 387 g/mol. The van der Waals surface area contributed by atoms with Crippen LogP contribution < -0.4 is 0 Å². The fraction of sp³-hybridized carbons (Fsp3) is 1.00. The van der Waals surface area contributed by atoms with Gasteiger partial charge >= 0.3 is 27.3 Å². The van der Waals surface area contributed by atoms with Gasteiger partial charge in [0, 0.05) is 0 Å². The molecule has 0 aliphatic rings. The number of hydrogen-bond donors (Lipinski definition) is 3. The van der Waals surface area contributed by atoms with Gasteiger partial charge in [-0.25, -0.2) is 0 Å². The van der Waals surface area contributed by atoms with Crippen molar-refractivity contribution in [2.24, 2.45) is 0 Å². The van der Waals surface area contributed by atoms with Gasteiger partial charge in [0.15, 0.2) is 3.41 Å². The number of thiol groups is 2. The summed E-state index contributed by atoms with van der Waals surface area (Å²) < 4.78 is 27.3. The Labute approximate surface area is 91.7 Å². The Hall–Kier alpha value is 1.53. The molecule has 7 heteroatoms. The van der Waals surface area contributed by atoms with Crippen LogP contribution in [0.3, 0.4) is 0 Å². The van der Waals surface area contributed by atoms with E-state index in [1.54, 1.807) is 6.92 Å². The third-order valence-corrected chi connectivity index (χ3v) is 4.01. The Morgan fingerprint density at radius 1 is 1.50 bits per heavy atom. The molecule has 3 nitrogen and oxygen atoms in total. The van der Waals surface area contributed by atoms with Crippen molar-refractivity contribution in [2.75, 3.05) is 0 Å². The minimum atomic E-state index is -4.12. The van der Waals surface area contributed by atoms with Gasteiger partial charge in [0.05, 0.1) is 0 Å². The monoisotopic (exact) mass is 398 g/mol. The van der Waals surface area contributed by atoms with E-state index in [4.69, 9.17) is 4.55 Å². The molecule has 2 radical (unpaired) electrons. The summed E-state index contributed by atoms with van der Waals surface area (Å²) >= 11 is 7.19. The van der Waals surface area contributed by atoms with Gasteiger partial charge in [-0.1, -0.05) is 6.92 Å². The van der Waals surface area contributed by atoms with Crippen molar-refractivity contribution < 1.29 is 13.0 Å². The van der Waals surface area contributed by atoms with Gasteiger partial charge in [0.25, 0.3) is 10.1 Å². The summed E-state index contributed by atoms with van der Waals surface area (Å²) in [6.45, 7) is 1.56. The summed E-state index contributed by atoms with van der Waals surface area (Å²) in [5, 5.41) is 0. The van der Waals surface area contributed by atoms with Crippen molar-refractivity contribution in [2.45, 2.75) is 16.8 Å². The van der Waals surface area contributed by atoms with Crippen molar-refractivity contribution >= 4 is 62.7 Å². The molecule has 0 aliphatic carbocycles. The second kappa shape index (κ2) is 4.53. The Bertz CT molecular complexity index is 185. The van der Waals surface area contributed by atoms with E-state index in [0.717, 1.165) is 0 Å². The summed E-state index contributed by atoms with van der Waals surface area (Å²) in [5.74, 6) is 0. The Kier molecular flexibility index (Phi) is 6.38. The molecule has 0 atom stereocenters. The fourth-order valence-electron chi connectivity index (χ4n) is 0.182. The molecule has 0 aliphatic heterocycles. The molecule has 1 N–H and O–H groups in total. The topological polar surface area (TPSA) is 54.4 Å². The van der Waals surface area contributed by atoms with Crippen LogP contribution in [0.25, 0.3) is 0 Å². The second-order valence-corrected chi connectivity index (χ2v) is 5.70. The molecule has 0 aromatic rings. The first-order valence-electron chi connectivity index (χ1n) is 2.23. The van der Waals surface area contributed by atoms with E-state index in [-0.39, 0.29) is 33.7 Å². The van der Waals surface area contributed by atoms with E-state index in [9.17, 15) is 8.42 Å². The van der Waals surface area contributed by atoms with Crippen molar-refractivity contribution in [1.29, 1.82) is 0 Å².